The van der Waals surface area contributed by atoms with Gasteiger partial charge >= 0.3 is 17.8 Å². The lowest BCUT2D eigenvalue weighted by molar-refractivity contribution is -0.139. The first-order valence-corrected chi connectivity index (χ1v) is 6.61. The smallest absolute Gasteiger partial charge is 0.337 e. The molecule has 3 N–H and O–H groups in total. The maximum atomic E-state index is 11.8. The lowest BCUT2D eigenvalue weighted by atomic mass is 10.1. The Kier molecular flexibility index (Phi) is 4.72. The molecule has 0 aliphatic heterocycles. The van der Waals surface area contributed by atoms with Gasteiger partial charge in [-0.05, 0) is 37.1 Å². The van der Waals surface area contributed by atoms with Crippen molar-refractivity contribution in [1.29, 1.82) is 0 Å². The zero-order valence-corrected chi connectivity index (χ0v) is 11.8. The zero-order valence-electron chi connectivity index (χ0n) is 11.8. The molecule has 1 aliphatic carbocycles. The van der Waals surface area contributed by atoms with Gasteiger partial charge in [-0.25, -0.2) is 4.79 Å². The van der Waals surface area contributed by atoms with Crippen molar-refractivity contribution in [3.63, 3.8) is 0 Å². The number of methoxy groups -OCH3 is 1. The number of hydrazine groups is 1. The highest BCUT2D eigenvalue weighted by atomic mass is 16.5. The largest absolute Gasteiger partial charge is 0.465 e. The number of nitrogens with one attached hydrogen (secondary N) is 3. The standard InChI is InChI=1S/C14H15N3O5/c1-22-14(21)9-4-2-8(3-5-9)11(18)16-17-13(20)12(19)15-10-6-7-10/h2-5,10H,6-7H2,1H3,(H,15,19)(H,16,18)(H,17,20). The predicted molar refractivity (Wildman–Crippen MR) is 74.6 cm³/mol. The summed E-state index contributed by atoms with van der Waals surface area (Å²) in [4.78, 5) is 45.8. The average Bonchev–Trinajstić information content (AvgIpc) is 3.35. The molecule has 0 aromatic heterocycles. The molecule has 1 saturated carbocycles. The minimum absolute atomic E-state index is 0.0554. The summed E-state index contributed by atoms with van der Waals surface area (Å²) in [5.74, 6) is -2.85. The predicted octanol–water partition coefficient (Wildman–Crippen LogP) is -0.487. The van der Waals surface area contributed by atoms with Crippen molar-refractivity contribution in [3.8, 4) is 0 Å². The van der Waals surface area contributed by atoms with Crippen LogP contribution in [0.3, 0.4) is 0 Å². The van der Waals surface area contributed by atoms with Crippen LogP contribution in [0.4, 0.5) is 0 Å². The van der Waals surface area contributed by atoms with Crippen molar-refractivity contribution < 1.29 is 23.9 Å². The molecule has 1 aliphatic rings. The molecule has 0 atom stereocenters. The van der Waals surface area contributed by atoms with Gasteiger partial charge in [-0.2, -0.15) is 0 Å². The molecule has 2 rings (SSSR count). The number of benzene rings is 1. The van der Waals surface area contributed by atoms with Crippen LogP contribution in [0, 0.1) is 0 Å². The third-order valence-electron chi connectivity index (χ3n) is 2.98. The molecule has 0 saturated heterocycles. The SMILES string of the molecule is COC(=O)c1ccc(C(=O)NNC(=O)C(=O)NC2CC2)cc1. The Hall–Kier alpha value is -2.90. The average molecular weight is 305 g/mol. The van der Waals surface area contributed by atoms with E-state index in [1.54, 1.807) is 0 Å². The molecule has 116 valence electrons. The summed E-state index contributed by atoms with van der Waals surface area (Å²) in [6.45, 7) is 0. The quantitative estimate of drug-likeness (QED) is 0.396. The third kappa shape index (κ3) is 4.05. The van der Waals surface area contributed by atoms with Gasteiger partial charge in [0.05, 0.1) is 12.7 Å². The van der Waals surface area contributed by atoms with E-state index < -0.39 is 23.7 Å². The van der Waals surface area contributed by atoms with Crippen molar-refractivity contribution in [3.05, 3.63) is 35.4 Å². The number of carbonyl (C=O) groups is 4. The van der Waals surface area contributed by atoms with Gasteiger partial charge in [-0.15, -0.1) is 0 Å². The Labute approximate surface area is 126 Å². The molecule has 1 aromatic carbocycles. The van der Waals surface area contributed by atoms with Gasteiger partial charge in [-0.1, -0.05) is 0 Å². The third-order valence-corrected chi connectivity index (χ3v) is 2.98. The number of amides is 3. The summed E-state index contributed by atoms with van der Waals surface area (Å²) in [6.07, 6.45) is 1.72. The maximum absolute atomic E-state index is 11.8. The van der Waals surface area contributed by atoms with Crippen LogP contribution in [0.15, 0.2) is 24.3 Å². The monoisotopic (exact) mass is 305 g/mol. The van der Waals surface area contributed by atoms with Crippen LogP contribution in [0.5, 0.6) is 0 Å². The molecule has 0 radical (unpaired) electrons. The van der Waals surface area contributed by atoms with Gasteiger partial charge in [0, 0.05) is 11.6 Å². The van der Waals surface area contributed by atoms with E-state index in [0.29, 0.717) is 5.56 Å². The van der Waals surface area contributed by atoms with Gasteiger partial charge in [0.15, 0.2) is 0 Å². The molecule has 0 spiro atoms. The highest BCUT2D eigenvalue weighted by Gasteiger charge is 2.26. The van der Waals surface area contributed by atoms with E-state index >= 15 is 0 Å². The normalized spacial score (nSPS) is 13.0. The summed E-state index contributed by atoms with van der Waals surface area (Å²) in [5, 5.41) is 2.49. The second kappa shape index (κ2) is 6.70. The fourth-order valence-electron chi connectivity index (χ4n) is 1.60. The summed E-state index contributed by atoms with van der Waals surface area (Å²) in [6, 6.07) is 5.70. The minimum atomic E-state index is -0.938. The summed E-state index contributed by atoms with van der Waals surface area (Å²) < 4.78 is 4.54. The highest BCUT2D eigenvalue weighted by Crippen LogP contribution is 2.18. The van der Waals surface area contributed by atoms with Crippen molar-refractivity contribution in [2.45, 2.75) is 18.9 Å². The Morgan fingerprint density at radius 2 is 1.55 bits per heavy atom. The zero-order chi connectivity index (χ0) is 16.1. The molecular formula is C14H15N3O5. The van der Waals surface area contributed by atoms with Crippen molar-refractivity contribution in [2.24, 2.45) is 0 Å². The molecule has 0 unspecified atom stereocenters. The van der Waals surface area contributed by atoms with Crippen LogP contribution in [0.2, 0.25) is 0 Å². The maximum Gasteiger partial charge on any atom is 0.337 e. The van der Waals surface area contributed by atoms with E-state index in [0.717, 1.165) is 12.8 Å². The van der Waals surface area contributed by atoms with E-state index in [2.05, 4.69) is 15.5 Å². The molecule has 1 aromatic rings. The minimum Gasteiger partial charge on any atom is -0.465 e. The van der Waals surface area contributed by atoms with Crippen LogP contribution in [0.25, 0.3) is 0 Å². The number of ether oxygens (including phenoxy) is 1. The van der Waals surface area contributed by atoms with Gasteiger partial charge in [-0.3, -0.25) is 25.2 Å². The van der Waals surface area contributed by atoms with Crippen LogP contribution in [0.1, 0.15) is 33.6 Å². The van der Waals surface area contributed by atoms with E-state index in [9.17, 15) is 19.2 Å². The van der Waals surface area contributed by atoms with E-state index in [4.69, 9.17) is 0 Å². The first-order valence-electron chi connectivity index (χ1n) is 6.61. The second-order valence-corrected chi connectivity index (χ2v) is 4.72. The first-order chi connectivity index (χ1) is 10.5. The van der Waals surface area contributed by atoms with Crippen LogP contribution in [-0.4, -0.2) is 36.8 Å². The number of rotatable bonds is 3. The number of hydrogen-bond acceptors (Lipinski definition) is 5. The van der Waals surface area contributed by atoms with Crippen molar-refractivity contribution in [1.82, 2.24) is 16.2 Å². The molecular weight excluding hydrogens is 290 g/mol. The van der Waals surface area contributed by atoms with Gasteiger partial charge < -0.3 is 10.1 Å². The fraction of sp³-hybridized carbons (Fsp3) is 0.286. The van der Waals surface area contributed by atoms with E-state index in [1.807, 2.05) is 5.43 Å². The van der Waals surface area contributed by atoms with Gasteiger partial charge in [0.1, 0.15) is 0 Å². The molecule has 3 amide bonds. The molecule has 8 nitrogen and oxygen atoms in total. The fourth-order valence-corrected chi connectivity index (χ4v) is 1.60. The van der Waals surface area contributed by atoms with Crippen LogP contribution >= 0.6 is 0 Å². The molecule has 0 heterocycles. The Balaban J connectivity index is 1.84. The number of hydrogen-bond donors (Lipinski definition) is 3. The Morgan fingerprint density at radius 1 is 0.955 bits per heavy atom. The summed E-state index contributed by atoms with van der Waals surface area (Å²) in [5.41, 5.74) is 4.66. The topological polar surface area (TPSA) is 114 Å². The summed E-state index contributed by atoms with van der Waals surface area (Å²) >= 11 is 0. The number of esters is 1. The lowest BCUT2D eigenvalue weighted by Crippen LogP contribution is -2.48. The van der Waals surface area contributed by atoms with E-state index in [1.165, 1.54) is 31.4 Å². The van der Waals surface area contributed by atoms with Crippen molar-refractivity contribution in [2.75, 3.05) is 7.11 Å². The van der Waals surface area contributed by atoms with Gasteiger partial charge in [0.2, 0.25) is 0 Å². The summed E-state index contributed by atoms with van der Waals surface area (Å²) in [7, 11) is 1.26. The van der Waals surface area contributed by atoms with Crippen LogP contribution in [-0.2, 0) is 14.3 Å². The molecule has 22 heavy (non-hydrogen) atoms. The number of carbonyl (C=O) groups excluding carboxylic acids is 4. The van der Waals surface area contributed by atoms with Crippen molar-refractivity contribution >= 4 is 23.7 Å². The Bertz CT molecular complexity index is 607. The first kappa shape index (κ1) is 15.5. The molecule has 1 fully saturated rings. The highest BCUT2D eigenvalue weighted by molar-refractivity contribution is 6.35. The Morgan fingerprint density at radius 3 is 2.09 bits per heavy atom. The van der Waals surface area contributed by atoms with Gasteiger partial charge in [0.25, 0.3) is 5.91 Å². The van der Waals surface area contributed by atoms with E-state index in [-0.39, 0.29) is 11.6 Å². The molecule has 0 bridgehead atoms. The van der Waals surface area contributed by atoms with Crippen LogP contribution < -0.4 is 16.2 Å². The molecule has 8 heteroatoms. The lowest BCUT2D eigenvalue weighted by Gasteiger charge is -2.07. The second-order valence-electron chi connectivity index (χ2n) is 4.72.